The number of aromatic nitrogens is 1. The van der Waals surface area contributed by atoms with Crippen LogP contribution in [-0.4, -0.2) is 21.9 Å². The van der Waals surface area contributed by atoms with Crippen molar-refractivity contribution in [2.45, 2.75) is 51.5 Å². The Kier molecular flexibility index (Phi) is 4.35. The van der Waals surface area contributed by atoms with Gasteiger partial charge >= 0.3 is 0 Å². The molecule has 2 aromatic rings. The van der Waals surface area contributed by atoms with E-state index in [4.69, 9.17) is 5.73 Å². The lowest BCUT2D eigenvalue weighted by Gasteiger charge is -2.42. The molecule has 1 saturated carbocycles. The molecule has 0 spiro atoms. The zero-order valence-electron chi connectivity index (χ0n) is 15.3. The Bertz CT molecular complexity index is 809. The quantitative estimate of drug-likeness (QED) is 0.897. The van der Waals surface area contributed by atoms with E-state index in [0.29, 0.717) is 12.8 Å². The summed E-state index contributed by atoms with van der Waals surface area (Å²) in [6.45, 7) is 4.38. The predicted octanol–water partition coefficient (Wildman–Crippen LogP) is 2.66. The number of fused-ring (bicyclic) bond motifs is 1. The van der Waals surface area contributed by atoms with Crippen LogP contribution in [-0.2, 0) is 23.1 Å². The molecule has 0 bridgehead atoms. The van der Waals surface area contributed by atoms with Gasteiger partial charge in [-0.05, 0) is 42.7 Å². The van der Waals surface area contributed by atoms with Crippen LogP contribution in [0.2, 0.25) is 0 Å². The van der Waals surface area contributed by atoms with Gasteiger partial charge in [0.1, 0.15) is 5.54 Å². The molecule has 134 valence electrons. The third kappa shape index (κ3) is 3.41. The lowest BCUT2D eigenvalue weighted by molar-refractivity contribution is -0.133. The van der Waals surface area contributed by atoms with E-state index in [0.717, 1.165) is 29.3 Å². The molecule has 0 radical (unpaired) electrons. The van der Waals surface area contributed by atoms with Crippen LogP contribution in [0.1, 0.15) is 45.1 Å². The lowest BCUT2D eigenvalue weighted by atomic mass is 9.69. The van der Waals surface area contributed by atoms with Crippen molar-refractivity contribution >= 4 is 22.7 Å². The van der Waals surface area contributed by atoms with Crippen molar-refractivity contribution < 1.29 is 9.59 Å². The first-order chi connectivity index (χ1) is 11.7. The topological polar surface area (TPSA) is 77.1 Å². The SMILES string of the molecule is Cn1cc(CC(=O)NC2(C(N)=O)CCC(C)(C)CC2)c2ccccc21. The highest BCUT2D eigenvalue weighted by molar-refractivity contribution is 5.93. The van der Waals surface area contributed by atoms with E-state index in [1.807, 2.05) is 42.1 Å². The molecule has 25 heavy (non-hydrogen) atoms. The minimum absolute atomic E-state index is 0.144. The van der Waals surface area contributed by atoms with Crippen molar-refractivity contribution in [1.82, 2.24) is 9.88 Å². The fourth-order valence-electron chi connectivity index (χ4n) is 3.84. The number of primary amides is 1. The number of hydrogen-bond donors (Lipinski definition) is 2. The zero-order valence-corrected chi connectivity index (χ0v) is 15.3. The fourth-order valence-corrected chi connectivity index (χ4v) is 3.84. The smallest absolute Gasteiger partial charge is 0.243 e. The molecular formula is C20H27N3O2. The largest absolute Gasteiger partial charge is 0.368 e. The number of carbonyl (C=O) groups is 2. The maximum Gasteiger partial charge on any atom is 0.243 e. The molecule has 0 unspecified atom stereocenters. The molecule has 1 aliphatic rings. The summed E-state index contributed by atoms with van der Waals surface area (Å²) < 4.78 is 2.02. The van der Waals surface area contributed by atoms with Crippen LogP contribution >= 0.6 is 0 Å². The molecule has 0 atom stereocenters. The van der Waals surface area contributed by atoms with Gasteiger partial charge < -0.3 is 15.6 Å². The van der Waals surface area contributed by atoms with E-state index < -0.39 is 11.4 Å². The molecule has 1 aliphatic carbocycles. The maximum absolute atomic E-state index is 12.7. The molecule has 1 fully saturated rings. The number of para-hydroxylation sites is 1. The van der Waals surface area contributed by atoms with Crippen LogP contribution in [0.4, 0.5) is 0 Å². The molecule has 1 aromatic carbocycles. The average Bonchev–Trinajstić information content (AvgIpc) is 2.86. The summed E-state index contributed by atoms with van der Waals surface area (Å²) in [5.41, 5.74) is 7.01. The van der Waals surface area contributed by atoms with Gasteiger partial charge in [-0.1, -0.05) is 32.0 Å². The number of carbonyl (C=O) groups excluding carboxylic acids is 2. The fraction of sp³-hybridized carbons (Fsp3) is 0.500. The third-order valence-corrected chi connectivity index (χ3v) is 5.64. The molecule has 3 N–H and O–H groups in total. The van der Waals surface area contributed by atoms with E-state index in [2.05, 4.69) is 19.2 Å². The van der Waals surface area contributed by atoms with Crippen LogP contribution in [0.5, 0.6) is 0 Å². The second-order valence-electron chi connectivity index (χ2n) is 8.12. The van der Waals surface area contributed by atoms with Gasteiger partial charge in [0.05, 0.1) is 6.42 Å². The summed E-state index contributed by atoms with van der Waals surface area (Å²) in [4.78, 5) is 24.8. The van der Waals surface area contributed by atoms with Crippen molar-refractivity contribution in [3.8, 4) is 0 Å². The minimum Gasteiger partial charge on any atom is -0.368 e. The summed E-state index contributed by atoms with van der Waals surface area (Å²) in [5.74, 6) is -0.566. The summed E-state index contributed by atoms with van der Waals surface area (Å²) in [6, 6.07) is 8.01. The average molecular weight is 341 g/mol. The number of amides is 2. The van der Waals surface area contributed by atoms with Crippen molar-refractivity contribution in [2.75, 3.05) is 0 Å². The highest BCUT2D eigenvalue weighted by Crippen LogP contribution is 2.40. The number of nitrogens with one attached hydrogen (secondary N) is 1. The maximum atomic E-state index is 12.7. The molecule has 1 heterocycles. The van der Waals surface area contributed by atoms with Crippen LogP contribution in [0.25, 0.3) is 10.9 Å². The van der Waals surface area contributed by atoms with Crippen LogP contribution in [0.15, 0.2) is 30.5 Å². The van der Waals surface area contributed by atoms with Gasteiger partial charge in [0.25, 0.3) is 0 Å². The Hall–Kier alpha value is -2.30. The number of hydrogen-bond acceptors (Lipinski definition) is 2. The van der Waals surface area contributed by atoms with Gasteiger partial charge in [0.15, 0.2) is 0 Å². The van der Waals surface area contributed by atoms with E-state index >= 15 is 0 Å². The third-order valence-electron chi connectivity index (χ3n) is 5.64. The van der Waals surface area contributed by atoms with Crippen molar-refractivity contribution in [2.24, 2.45) is 18.2 Å². The second kappa shape index (κ2) is 6.21. The summed E-state index contributed by atoms with van der Waals surface area (Å²) in [7, 11) is 1.97. The van der Waals surface area contributed by atoms with Gasteiger partial charge in [-0.15, -0.1) is 0 Å². The van der Waals surface area contributed by atoms with Gasteiger partial charge in [-0.2, -0.15) is 0 Å². The van der Waals surface area contributed by atoms with Crippen molar-refractivity contribution in [3.05, 3.63) is 36.0 Å². The van der Waals surface area contributed by atoms with E-state index in [1.54, 1.807) is 0 Å². The zero-order chi connectivity index (χ0) is 18.2. The highest BCUT2D eigenvalue weighted by Gasteiger charge is 2.43. The molecule has 0 saturated heterocycles. The molecule has 5 nitrogen and oxygen atoms in total. The van der Waals surface area contributed by atoms with Crippen LogP contribution < -0.4 is 11.1 Å². The Morgan fingerprint density at radius 3 is 2.44 bits per heavy atom. The van der Waals surface area contributed by atoms with Crippen LogP contribution in [0.3, 0.4) is 0 Å². The van der Waals surface area contributed by atoms with Gasteiger partial charge in [0.2, 0.25) is 11.8 Å². The summed E-state index contributed by atoms with van der Waals surface area (Å²) >= 11 is 0. The highest BCUT2D eigenvalue weighted by atomic mass is 16.2. The molecule has 2 amide bonds. The number of nitrogens with two attached hydrogens (primary N) is 1. The van der Waals surface area contributed by atoms with Gasteiger partial charge in [-0.3, -0.25) is 9.59 Å². The number of rotatable bonds is 4. The van der Waals surface area contributed by atoms with Crippen LogP contribution in [0, 0.1) is 5.41 Å². The lowest BCUT2D eigenvalue weighted by Crippen LogP contribution is -2.60. The Labute approximate surface area is 148 Å². The van der Waals surface area contributed by atoms with E-state index in [-0.39, 0.29) is 17.7 Å². The normalized spacial score (nSPS) is 18.8. The Morgan fingerprint density at radius 2 is 1.80 bits per heavy atom. The first-order valence-corrected chi connectivity index (χ1v) is 8.86. The number of aryl methyl sites for hydroxylation is 1. The molecule has 0 aliphatic heterocycles. The minimum atomic E-state index is -0.906. The first-order valence-electron chi connectivity index (χ1n) is 8.86. The summed E-state index contributed by atoms with van der Waals surface area (Å²) in [6.07, 6.45) is 5.20. The summed E-state index contributed by atoms with van der Waals surface area (Å²) in [5, 5.41) is 4.04. The van der Waals surface area contributed by atoms with Crippen molar-refractivity contribution in [3.63, 3.8) is 0 Å². The second-order valence-corrected chi connectivity index (χ2v) is 8.12. The number of nitrogens with zero attached hydrogens (tertiary/aromatic N) is 1. The van der Waals surface area contributed by atoms with Gasteiger partial charge in [-0.25, -0.2) is 0 Å². The Balaban J connectivity index is 1.77. The number of benzene rings is 1. The molecule has 3 rings (SSSR count). The predicted molar refractivity (Wildman–Crippen MR) is 98.9 cm³/mol. The van der Waals surface area contributed by atoms with Gasteiger partial charge in [0, 0.05) is 24.1 Å². The van der Waals surface area contributed by atoms with Crippen molar-refractivity contribution in [1.29, 1.82) is 0 Å². The first kappa shape index (κ1) is 17.5. The molecule has 5 heteroatoms. The monoisotopic (exact) mass is 341 g/mol. The molecular weight excluding hydrogens is 314 g/mol. The standard InChI is InChI=1S/C20H27N3O2/c1-19(2)8-10-20(11-9-19,18(21)25)22-17(24)12-14-13-23(3)16-7-5-4-6-15(14)16/h4-7,13H,8-12H2,1-3H3,(H2,21,25)(H,22,24). The Morgan fingerprint density at radius 1 is 1.16 bits per heavy atom. The van der Waals surface area contributed by atoms with E-state index in [1.165, 1.54) is 0 Å². The van der Waals surface area contributed by atoms with E-state index in [9.17, 15) is 9.59 Å². The molecule has 1 aromatic heterocycles.